The van der Waals surface area contributed by atoms with Gasteiger partial charge in [0.1, 0.15) is 12.7 Å². The van der Waals surface area contributed by atoms with Gasteiger partial charge in [-0.05, 0) is 48.5 Å². The van der Waals surface area contributed by atoms with E-state index in [4.69, 9.17) is 18.6 Å². The maximum atomic E-state index is 12.3. The molecule has 2 aromatic carbocycles. The van der Waals surface area contributed by atoms with Gasteiger partial charge >= 0.3 is 0 Å². The van der Waals surface area contributed by atoms with E-state index >= 15 is 0 Å². The van der Waals surface area contributed by atoms with Crippen LogP contribution in [-0.4, -0.2) is 50.4 Å². The van der Waals surface area contributed by atoms with Crippen molar-refractivity contribution in [2.24, 2.45) is 0 Å². The molecule has 0 aliphatic carbocycles. The van der Waals surface area contributed by atoms with E-state index in [0.717, 1.165) is 0 Å². The van der Waals surface area contributed by atoms with Gasteiger partial charge in [0.25, 0.3) is 11.8 Å². The molecule has 0 aliphatic rings. The second-order valence-electron chi connectivity index (χ2n) is 6.68. The van der Waals surface area contributed by atoms with Crippen LogP contribution in [0.15, 0.2) is 65.3 Å². The highest BCUT2D eigenvalue weighted by molar-refractivity contribution is 6.02. The van der Waals surface area contributed by atoms with E-state index in [9.17, 15) is 14.7 Å². The Hall–Kier alpha value is -3.98. The molecule has 1 atom stereocenters. The highest BCUT2D eigenvalue weighted by Crippen LogP contribution is 2.36. The van der Waals surface area contributed by atoms with E-state index in [0.29, 0.717) is 28.5 Å². The van der Waals surface area contributed by atoms with Crippen molar-refractivity contribution < 1.29 is 33.3 Å². The molecular formula is C23H24N2O7. The number of carbonyl (C=O) groups excluding carboxylic acids is 2. The van der Waals surface area contributed by atoms with E-state index in [1.807, 2.05) is 0 Å². The molecule has 0 bridgehead atoms. The second kappa shape index (κ2) is 10.9. The lowest BCUT2D eigenvalue weighted by atomic mass is 10.2. The van der Waals surface area contributed by atoms with Crippen LogP contribution in [0.3, 0.4) is 0 Å². The number of aliphatic hydroxyl groups excluding tert-OH is 1. The van der Waals surface area contributed by atoms with E-state index in [2.05, 4.69) is 10.6 Å². The summed E-state index contributed by atoms with van der Waals surface area (Å²) in [6.07, 6.45) is 0.453. The number of anilines is 1. The summed E-state index contributed by atoms with van der Waals surface area (Å²) in [6, 6.07) is 14.7. The van der Waals surface area contributed by atoms with Crippen LogP contribution in [0, 0.1) is 0 Å². The van der Waals surface area contributed by atoms with E-state index in [1.165, 1.54) is 20.5 Å². The number of amides is 2. The fourth-order valence-corrected chi connectivity index (χ4v) is 2.82. The molecule has 1 aromatic heterocycles. The second-order valence-corrected chi connectivity index (χ2v) is 6.68. The summed E-state index contributed by atoms with van der Waals surface area (Å²) in [7, 11) is 3.01. The van der Waals surface area contributed by atoms with Gasteiger partial charge < -0.3 is 34.4 Å². The lowest BCUT2D eigenvalue weighted by Gasteiger charge is -2.17. The van der Waals surface area contributed by atoms with Crippen molar-refractivity contribution >= 4 is 17.5 Å². The third-order valence-corrected chi connectivity index (χ3v) is 4.45. The minimum Gasteiger partial charge on any atom is -0.493 e. The summed E-state index contributed by atoms with van der Waals surface area (Å²) in [6.45, 7) is -0.0952. The van der Waals surface area contributed by atoms with Gasteiger partial charge in [-0.25, -0.2) is 0 Å². The van der Waals surface area contributed by atoms with Gasteiger partial charge in [-0.15, -0.1) is 0 Å². The molecule has 32 heavy (non-hydrogen) atoms. The predicted octanol–water partition coefficient (Wildman–Crippen LogP) is 2.72. The third kappa shape index (κ3) is 5.79. The number of para-hydroxylation sites is 1. The molecular weight excluding hydrogens is 416 g/mol. The molecule has 0 saturated carbocycles. The fraction of sp³-hybridized carbons (Fsp3) is 0.217. The number of furan rings is 1. The Morgan fingerprint density at radius 1 is 0.969 bits per heavy atom. The Morgan fingerprint density at radius 3 is 2.25 bits per heavy atom. The molecule has 1 heterocycles. The zero-order chi connectivity index (χ0) is 22.9. The molecule has 168 valence electrons. The molecule has 0 spiro atoms. The third-order valence-electron chi connectivity index (χ3n) is 4.45. The fourth-order valence-electron chi connectivity index (χ4n) is 2.82. The number of nitrogens with one attached hydrogen (secondary N) is 2. The molecule has 1 unspecified atom stereocenters. The first-order valence-corrected chi connectivity index (χ1v) is 9.76. The molecule has 3 rings (SSSR count). The average Bonchev–Trinajstić information content (AvgIpc) is 3.36. The van der Waals surface area contributed by atoms with Gasteiger partial charge in [-0.1, -0.05) is 6.07 Å². The summed E-state index contributed by atoms with van der Waals surface area (Å²) in [5.41, 5.74) is 0.891. The molecule has 3 aromatic rings. The first-order valence-electron chi connectivity index (χ1n) is 9.76. The first kappa shape index (κ1) is 22.7. The van der Waals surface area contributed by atoms with Crippen LogP contribution in [0.1, 0.15) is 20.9 Å². The summed E-state index contributed by atoms with van der Waals surface area (Å²) in [5.74, 6) is 0.744. The average molecular weight is 440 g/mol. The van der Waals surface area contributed by atoms with E-state index < -0.39 is 6.10 Å². The smallest absolute Gasteiger partial charge is 0.291 e. The van der Waals surface area contributed by atoms with Crippen LogP contribution in [0.5, 0.6) is 17.2 Å². The van der Waals surface area contributed by atoms with Crippen molar-refractivity contribution in [3.63, 3.8) is 0 Å². The molecule has 0 saturated heterocycles. The molecule has 0 fully saturated rings. The predicted molar refractivity (Wildman–Crippen MR) is 116 cm³/mol. The number of aliphatic hydroxyl groups is 1. The van der Waals surface area contributed by atoms with Crippen LogP contribution >= 0.6 is 0 Å². The Morgan fingerprint density at radius 2 is 1.66 bits per heavy atom. The van der Waals surface area contributed by atoms with Gasteiger partial charge in [0.05, 0.1) is 20.5 Å². The molecule has 0 radical (unpaired) electrons. The highest BCUT2D eigenvalue weighted by Gasteiger charge is 2.15. The van der Waals surface area contributed by atoms with Crippen molar-refractivity contribution in [1.29, 1.82) is 0 Å². The SMILES string of the molecule is COc1cccc(OC)c1OCC(O)CNC(=O)c1ccc(NC(=O)c2ccco2)cc1. The summed E-state index contributed by atoms with van der Waals surface area (Å²) < 4.78 is 21.2. The summed E-state index contributed by atoms with van der Waals surface area (Å²) in [5, 5.41) is 15.5. The summed E-state index contributed by atoms with van der Waals surface area (Å²) >= 11 is 0. The standard InChI is InChI=1S/C23H24N2O7/c1-29-18-5-3-6-19(30-2)21(18)32-14-17(26)13-24-22(27)15-8-10-16(11-9-15)25-23(28)20-7-4-12-31-20/h3-12,17,26H,13-14H2,1-2H3,(H,24,27)(H,25,28). The topological polar surface area (TPSA) is 119 Å². The number of methoxy groups -OCH3 is 2. The minimum absolute atomic E-state index is 0.0206. The number of ether oxygens (including phenoxy) is 3. The number of hydrogen-bond acceptors (Lipinski definition) is 7. The Bertz CT molecular complexity index is 1010. The maximum absolute atomic E-state index is 12.3. The molecule has 9 nitrogen and oxygen atoms in total. The monoisotopic (exact) mass is 440 g/mol. The van der Waals surface area contributed by atoms with E-state index in [-0.39, 0.29) is 30.7 Å². The zero-order valence-corrected chi connectivity index (χ0v) is 17.7. The van der Waals surface area contributed by atoms with Crippen LogP contribution in [-0.2, 0) is 0 Å². The molecule has 0 aliphatic heterocycles. The van der Waals surface area contributed by atoms with Crippen LogP contribution in [0.4, 0.5) is 5.69 Å². The minimum atomic E-state index is -0.958. The lowest BCUT2D eigenvalue weighted by Crippen LogP contribution is -2.35. The highest BCUT2D eigenvalue weighted by atomic mass is 16.5. The Balaban J connectivity index is 1.48. The molecule has 2 amide bonds. The Labute approximate surface area is 184 Å². The molecule has 9 heteroatoms. The number of carbonyl (C=O) groups is 2. The summed E-state index contributed by atoms with van der Waals surface area (Å²) in [4.78, 5) is 24.3. The van der Waals surface area contributed by atoms with Crippen molar-refractivity contribution in [3.05, 3.63) is 72.2 Å². The number of hydrogen-bond donors (Lipinski definition) is 3. The van der Waals surface area contributed by atoms with Gasteiger partial charge in [0.2, 0.25) is 5.75 Å². The zero-order valence-electron chi connectivity index (χ0n) is 17.7. The molecule has 3 N–H and O–H groups in total. The van der Waals surface area contributed by atoms with Crippen molar-refractivity contribution in [2.75, 3.05) is 32.7 Å². The lowest BCUT2D eigenvalue weighted by molar-refractivity contribution is 0.0833. The normalized spacial score (nSPS) is 11.3. The van der Waals surface area contributed by atoms with Gasteiger partial charge in [-0.3, -0.25) is 9.59 Å². The Kier molecular flexibility index (Phi) is 7.71. The van der Waals surface area contributed by atoms with Crippen molar-refractivity contribution in [3.8, 4) is 17.2 Å². The van der Waals surface area contributed by atoms with Gasteiger partial charge in [-0.2, -0.15) is 0 Å². The van der Waals surface area contributed by atoms with E-state index in [1.54, 1.807) is 54.6 Å². The van der Waals surface area contributed by atoms with Crippen LogP contribution in [0.2, 0.25) is 0 Å². The number of rotatable bonds is 10. The van der Waals surface area contributed by atoms with Gasteiger partial charge in [0.15, 0.2) is 17.3 Å². The number of benzene rings is 2. The van der Waals surface area contributed by atoms with Crippen molar-refractivity contribution in [2.45, 2.75) is 6.10 Å². The van der Waals surface area contributed by atoms with Gasteiger partial charge in [0, 0.05) is 17.8 Å². The van der Waals surface area contributed by atoms with Crippen LogP contribution in [0.25, 0.3) is 0 Å². The quantitative estimate of drug-likeness (QED) is 0.443. The van der Waals surface area contributed by atoms with Crippen LogP contribution < -0.4 is 24.8 Å². The van der Waals surface area contributed by atoms with Crippen molar-refractivity contribution in [1.82, 2.24) is 5.32 Å². The first-order chi connectivity index (χ1) is 15.5. The largest absolute Gasteiger partial charge is 0.493 e. The maximum Gasteiger partial charge on any atom is 0.291 e.